The fraction of sp³-hybridized carbons (Fsp3) is 0.273. The van der Waals surface area contributed by atoms with E-state index in [0.29, 0.717) is 5.95 Å². The summed E-state index contributed by atoms with van der Waals surface area (Å²) in [5, 5.41) is 16.0. The van der Waals surface area contributed by atoms with Crippen molar-refractivity contribution >= 4 is 39.3 Å². The van der Waals surface area contributed by atoms with Crippen molar-refractivity contribution in [3.05, 3.63) is 17.3 Å². The van der Waals surface area contributed by atoms with Crippen LogP contribution in [0.15, 0.2) is 21.6 Å². The quantitative estimate of drug-likeness (QED) is 0.747. The van der Waals surface area contributed by atoms with Gasteiger partial charge in [0.1, 0.15) is 15.7 Å². The Hall–Kier alpha value is -1.67. The predicted molar refractivity (Wildman–Crippen MR) is 76.8 cm³/mol. The molecule has 19 heavy (non-hydrogen) atoms. The van der Waals surface area contributed by atoms with E-state index in [1.165, 1.54) is 11.8 Å². The molecule has 0 spiro atoms. The van der Waals surface area contributed by atoms with Crippen LogP contribution < -0.4 is 5.32 Å². The molecule has 0 fully saturated rings. The van der Waals surface area contributed by atoms with E-state index >= 15 is 0 Å². The number of anilines is 1. The molecule has 0 amide bonds. The van der Waals surface area contributed by atoms with Crippen LogP contribution in [0.5, 0.6) is 0 Å². The first-order valence-corrected chi connectivity index (χ1v) is 7.35. The van der Waals surface area contributed by atoms with Gasteiger partial charge in [-0.3, -0.25) is 0 Å². The molecule has 0 atom stereocenters. The average Bonchev–Trinajstić information content (AvgIpc) is 3.00. The average molecular weight is 292 g/mol. The largest absolute Gasteiger partial charge is 0.357 e. The van der Waals surface area contributed by atoms with Crippen LogP contribution in [0.1, 0.15) is 5.82 Å². The van der Waals surface area contributed by atoms with E-state index < -0.39 is 0 Å². The van der Waals surface area contributed by atoms with Gasteiger partial charge >= 0.3 is 0 Å². The summed E-state index contributed by atoms with van der Waals surface area (Å²) in [4.78, 5) is 9.90. The first-order chi connectivity index (χ1) is 9.19. The molecule has 0 saturated heterocycles. The predicted octanol–water partition coefficient (Wildman–Crippen LogP) is 2.32. The molecule has 1 N–H and O–H groups in total. The normalized spacial score (nSPS) is 11.1. The molecule has 0 aliphatic carbocycles. The SMILES string of the molecule is CNc1nc(Sc2nnc(C)n2C)c2ccsc2n1. The number of fused-ring (bicyclic) bond motifs is 1. The van der Waals surface area contributed by atoms with Gasteiger partial charge in [-0.15, -0.1) is 21.5 Å². The molecule has 0 unspecified atom stereocenters. The zero-order valence-electron chi connectivity index (χ0n) is 10.7. The fourth-order valence-corrected chi connectivity index (χ4v) is 3.34. The second kappa shape index (κ2) is 4.78. The van der Waals surface area contributed by atoms with Crippen LogP contribution in [-0.2, 0) is 7.05 Å². The number of thiophene rings is 1. The van der Waals surface area contributed by atoms with E-state index in [-0.39, 0.29) is 0 Å². The summed E-state index contributed by atoms with van der Waals surface area (Å²) in [5.41, 5.74) is 0. The number of hydrogen-bond donors (Lipinski definition) is 1. The molecule has 0 aliphatic heterocycles. The van der Waals surface area contributed by atoms with Gasteiger partial charge in [0.2, 0.25) is 5.95 Å². The van der Waals surface area contributed by atoms with Crippen molar-refractivity contribution < 1.29 is 0 Å². The third-order valence-corrected chi connectivity index (χ3v) is 4.60. The van der Waals surface area contributed by atoms with Crippen molar-refractivity contribution in [1.29, 1.82) is 0 Å². The highest BCUT2D eigenvalue weighted by Crippen LogP contribution is 2.33. The lowest BCUT2D eigenvalue weighted by atomic mass is 10.4. The Kier molecular flexibility index (Phi) is 3.11. The van der Waals surface area contributed by atoms with E-state index in [1.807, 2.05) is 37.0 Å². The van der Waals surface area contributed by atoms with Crippen molar-refractivity contribution in [3.8, 4) is 0 Å². The highest BCUT2D eigenvalue weighted by atomic mass is 32.2. The molecule has 0 bridgehead atoms. The molecule has 3 aromatic heterocycles. The monoisotopic (exact) mass is 292 g/mol. The number of nitrogens with zero attached hydrogens (tertiary/aromatic N) is 5. The molecule has 0 saturated carbocycles. The smallest absolute Gasteiger partial charge is 0.224 e. The molecule has 0 aromatic carbocycles. The summed E-state index contributed by atoms with van der Waals surface area (Å²) >= 11 is 3.11. The topological polar surface area (TPSA) is 68.5 Å². The van der Waals surface area contributed by atoms with Gasteiger partial charge in [0, 0.05) is 19.5 Å². The highest BCUT2D eigenvalue weighted by molar-refractivity contribution is 7.99. The second-order valence-electron chi connectivity index (χ2n) is 3.93. The van der Waals surface area contributed by atoms with E-state index in [1.54, 1.807) is 11.3 Å². The summed E-state index contributed by atoms with van der Waals surface area (Å²) in [5.74, 6) is 1.50. The number of hydrogen-bond acceptors (Lipinski definition) is 7. The molecule has 8 heteroatoms. The van der Waals surface area contributed by atoms with Gasteiger partial charge in [-0.25, -0.2) is 9.97 Å². The lowest BCUT2D eigenvalue weighted by molar-refractivity contribution is 0.765. The molecule has 3 aromatic rings. The highest BCUT2D eigenvalue weighted by Gasteiger charge is 2.13. The minimum atomic E-state index is 0.622. The van der Waals surface area contributed by atoms with Crippen molar-refractivity contribution in [2.24, 2.45) is 7.05 Å². The number of aryl methyl sites for hydroxylation is 1. The van der Waals surface area contributed by atoms with E-state index in [4.69, 9.17) is 0 Å². The second-order valence-corrected chi connectivity index (χ2v) is 5.78. The Balaban J connectivity index is 2.08. The zero-order valence-corrected chi connectivity index (χ0v) is 12.3. The first kappa shape index (κ1) is 12.4. The van der Waals surface area contributed by atoms with Gasteiger partial charge in [0.05, 0.1) is 0 Å². The lowest BCUT2D eigenvalue weighted by Gasteiger charge is -2.05. The third-order valence-electron chi connectivity index (χ3n) is 2.75. The fourth-order valence-electron chi connectivity index (χ4n) is 1.58. The summed E-state index contributed by atoms with van der Waals surface area (Å²) in [7, 11) is 3.76. The molecule has 3 rings (SSSR count). The first-order valence-electron chi connectivity index (χ1n) is 5.66. The Morgan fingerprint density at radius 3 is 2.84 bits per heavy atom. The van der Waals surface area contributed by atoms with Crippen molar-refractivity contribution in [1.82, 2.24) is 24.7 Å². The van der Waals surface area contributed by atoms with Crippen LogP contribution in [0.4, 0.5) is 5.95 Å². The van der Waals surface area contributed by atoms with E-state index in [2.05, 4.69) is 25.5 Å². The maximum atomic E-state index is 4.50. The molecular formula is C11H12N6S2. The Labute approximate surface area is 118 Å². The third kappa shape index (κ3) is 2.17. The maximum Gasteiger partial charge on any atom is 0.224 e. The van der Waals surface area contributed by atoms with Gasteiger partial charge in [-0.1, -0.05) is 0 Å². The Morgan fingerprint density at radius 1 is 1.32 bits per heavy atom. The molecule has 0 radical (unpaired) electrons. The lowest BCUT2D eigenvalue weighted by Crippen LogP contribution is -1.98. The minimum absolute atomic E-state index is 0.622. The maximum absolute atomic E-state index is 4.50. The molecular weight excluding hydrogens is 280 g/mol. The number of nitrogens with one attached hydrogen (secondary N) is 1. The van der Waals surface area contributed by atoms with Crippen molar-refractivity contribution in [2.75, 3.05) is 12.4 Å². The van der Waals surface area contributed by atoms with Crippen molar-refractivity contribution in [3.63, 3.8) is 0 Å². The van der Waals surface area contributed by atoms with Gasteiger partial charge in [0.25, 0.3) is 0 Å². The van der Waals surface area contributed by atoms with Crippen LogP contribution in [0.25, 0.3) is 10.2 Å². The summed E-state index contributed by atoms with van der Waals surface area (Å²) < 4.78 is 1.95. The zero-order chi connectivity index (χ0) is 13.4. The Morgan fingerprint density at radius 2 is 2.16 bits per heavy atom. The van der Waals surface area contributed by atoms with E-state index in [9.17, 15) is 0 Å². The van der Waals surface area contributed by atoms with Gasteiger partial charge in [-0.05, 0) is 30.1 Å². The Bertz CT molecular complexity index is 732. The van der Waals surface area contributed by atoms with Crippen LogP contribution in [0, 0.1) is 6.92 Å². The van der Waals surface area contributed by atoms with Gasteiger partial charge < -0.3 is 9.88 Å². The number of rotatable bonds is 3. The summed E-state index contributed by atoms with van der Waals surface area (Å²) in [6, 6.07) is 2.03. The van der Waals surface area contributed by atoms with Gasteiger partial charge in [-0.2, -0.15) is 0 Å². The van der Waals surface area contributed by atoms with E-state index in [0.717, 1.165) is 26.2 Å². The minimum Gasteiger partial charge on any atom is -0.357 e. The molecule has 0 aliphatic rings. The van der Waals surface area contributed by atoms with Crippen LogP contribution >= 0.6 is 23.1 Å². The standard InChI is InChI=1S/C11H12N6S2/c1-6-15-16-11(17(6)3)19-9-7-4-5-18-8(7)13-10(12-2)14-9/h4-5H,1-3H3,(H,12,13,14). The van der Waals surface area contributed by atoms with Crippen LogP contribution in [0.2, 0.25) is 0 Å². The number of aromatic nitrogens is 5. The van der Waals surface area contributed by atoms with Gasteiger partial charge in [0.15, 0.2) is 5.16 Å². The molecule has 98 valence electrons. The van der Waals surface area contributed by atoms with Crippen LogP contribution in [-0.4, -0.2) is 31.8 Å². The van der Waals surface area contributed by atoms with Crippen LogP contribution in [0.3, 0.4) is 0 Å². The molecule has 6 nitrogen and oxygen atoms in total. The summed E-state index contributed by atoms with van der Waals surface area (Å²) in [6.07, 6.45) is 0. The van der Waals surface area contributed by atoms with Crippen molar-refractivity contribution in [2.45, 2.75) is 17.1 Å². The molecule has 3 heterocycles. The summed E-state index contributed by atoms with van der Waals surface area (Å²) in [6.45, 7) is 1.93.